The molecule has 0 saturated carbocycles. The number of aromatic nitrogens is 2. The summed E-state index contributed by atoms with van der Waals surface area (Å²) in [5.41, 5.74) is 2.45. The smallest absolute Gasteiger partial charge is 0.0723 e. The molecule has 2 rings (SSSR count). The minimum absolute atomic E-state index is 0.250. The molecule has 1 aromatic rings. The predicted octanol–water partition coefficient (Wildman–Crippen LogP) is 2.87. The molecule has 1 unspecified atom stereocenters. The minimum atomic E-state index is -0.250. The van der Waals surface area contributed by atoms with Crippen molar-refractivity contribution in [1.29, 1.82) is 0 Å². The van der Waals surface area contributed by atoms with Crippen LogP contribution in [0.25, 0.3) is 0 Å². The SMILES string of the molecule is CC(C)n1ccc(CC2=CC(O)CCCC2)n1. The number of hydrogen-bond acceptors (Lipinski definition) is 2. The normalized spacial score (nSPS) is 21.4. The number of nitrogens with zero attached hydrogens (tertiary/aromatic N) is 2. The van der Waals surface area contributed by atoms with Crippen molar-refractivity contribution in [3.8, 4) is 0 Å². The van der Waals surface area contributed by atoms with E-state index >= 15 is 0 Å². The van der Waals surface area contributed by atoms with Gasteiger partial charge in [-0.05, 0) is 39.2 Å². The van der Waals surface area contributed by atoms with E-state index in [2.05, 4.69) is 25.0 Å². The molecule has 0 spiro atoms. The first-order valence-corrected chi connectivity index (χ1v) is 6.57. The summed E-state index contributed by atoms with van der Waals surface area (Å²) in [6, 6.07) is 2.50. The fourth-order valence-electron chi connectivity index (χ4n) is 2.28. The fraction of sp³-hybridized carbons (Fsp3) is 0.643. The molecule has 1 aromatic heterocycles. The fourth-order valence-corrected chi connectivity index (χ4v) is 2.28. The first-order valence-electron chi connectivity index (χ1n) is 6.57. The Balaban J connectivity index is 2.03. The molecule has 1 heterocycles. The monoisotopic (exact) mass is 234 g/mol. The summed E-state index contributed by atoms with van der Waals surface area (Å²) < 4.78 is 1.99. The van der Waals surface area contributed by atoms with E-state index in [9.17, 15) is 5.11 Å². The quantitative estimate of drug-likeness (QED) is 0.817. The molecule has 0 aromatic carbocycles. The maximum Gasteiger partial charge on any atom is 0.0723 e. The highest BCUT2D eigenvalue weighted by atomic mass is 16.3. The molecule has 0 aliphatic heterocycles. The first-order chi connectivity index (χ1) is 8.15. The lowest BCUT2D eigenvalue weighted by Crippen LogP contribution is -2.03. The van der Waals surface area contributed by atoms with Crippen molar-refractivity contribution in [3.63, 3.8) is 0 Å². The van der Waals surface area contributed by atoms with Gasteiger partial charge in [-0.15, -0.1) is 0 Å². The van der Waals surface area contributed by atoms with Gasteiger partial charge in [0.15, 0.2) is 0 Å². The Labute approximate surface area is 103 Å². The Morgan fingerprint density at radius 2 is 2.29 bits per heavy atom. The highest BCUT2D eigenvalue weighted by molar-refractivity contribution is 5.16. The van der Waals surface area contributed by atoms with Gasteiger partial charge in [0.05, 0.1) is 11.8 Å². The van der Waals surface area contributed by atoms with Crippen LogP contribution in [0.2, 0.25) is 0 Å². The van der Waals surface area contributed by atoms with Crippen molar-refractivity contribution in [3.05, 3.63) is 29.6 Å². The van der Waals surface area contributed by atoms with Gasteiger partial charge >= 0.3 is 0 Å². The molecular formula is C14H22N2O. The van der Waals surface area contributed by atoms with Gasteiger partial charge in [0, 0.05) is 18.7 Å². The number of allylic oxidation sites excluding steroid dienone is 1. The van der Waals surface area contributed by atoms with Crippen LogP contribution in [0.4, 0.5) is 0 Å². The zero-order valence-electron chi connectivity index (χ0n) is 10.8. The number of aliphatic hydroxyl groups excluding tert-OH is 1. The Kier molecular flexibility index (Phi) is 4.00. The van der Waals surface area contributed by atoms with Crippen LogP contribution >= 0.6 is 0 Å². The van der Waals surface area contributed by atoms with Crippen LogP contribution in [0.1, 0.15) is 51.3 Å². The molecule has 3 nitrogen and oxygen atoms in total. The van der Waals surface area contributed by atoms with Crippen LogP contribution in [0.3, 0.4) is 0 Å². The van der Waals surface area contributed by atoms with E-state index in [0.717, 1.165) is 31.4 Å². The first kappa shape index (κ1) is 12.4. The zero-order valence-corrected chi connectivity index (χ0v) is 10.8. The summed E-state index contributed by atoms with van der Waals surface area (Å²) in [4.78, 5) is 0. The lowest BCUT2D eigenvalue weighted by atomic mass is 10.1. The van der Waals surface area contributed by atoms with Gasteiger partial charge in [-0.2, -0.15) is 5.10 Å². The molecule has 0 fully saturated rings. The highest BCUT2D eigenvalue weighted by Crippen LogP contribution is 2.20. The third-order valence-electron chi connectivity index (χ3n) is 3.28. The lowest BCUT2D eigenvalue weighted by molar-refractivity contribution is 0.211. The topological polar surface area (TPSA) is 38.0 Å². The largest absolute Gasteiger partial charge is 0.389 e. The summed E-state index contributed by atoms with van der Waals surface area (Å²) in [5.74, 6) is 0. The van der Waals surface area contributed by atoms with E-state index in [1.165, 1.54) is 12.0 Å². The van der Waals surface area contributed by atoms with Gasteiger partial charge in [-0.25, -0.2) is 0 Å². The molecule has 1 N–H and O–H groups in total. The Morgan fingerprint density at radius 3 is 3.00 bits per heavy atom. The standard InChI is InChI=1S/C14H22N2O/c1-11(2)16-8-7-13(15-16)9-12-5-3-4-6-14(17)10-12/h7-8,10-11,14,17H,3-6,9H2,1-2H3. The number of rotatable bonds is 3. The highest BCUT2D eigenvalue weighted by Gasteiger charge is 2.11. The average molecular weight is 234 g/mol. The second kappa shape index (κ2) is 5.50. The van der Waals surface area contributed by atoms with E-state index in [1.807, 2.05) is 17.0 Å². The van der Waals surface area contributed by atoms with E-state index in [-0.39, 0.29) is 6.10 Å². The van der Waals surface area contributed by atoms with Gasteiger partial charge in [-0.3, -0.25) is 4.68 Å². The maximum atomic E-state index is 9.73. The van der Waals surface area contributed by atoms with Crippen molar-refractivity contribution >= 4 is 0 Å². The molecule has 1 atom stereocenters. The number of hydrogen-bond donors (Lipinski definition) is 1. The molecule has 3 heteroatoms. The zero-order chi connectivity index (χ0) is 12.3. The molecule has 0 bridgehead atoms. The average Bonchev–Trinajstić information content (AvgIpc) is 2.63. The summed E-state index contributed by atoms with van der Waals surface area (Å²) >= 11 is 0. The molecule has 1 aliphatic carbocycles. The summed E-state index contributed by atoms with van der Waals surface area (Å²) in [6.45, 7) is 4.26. The van der Waals surface area contributed by atoms with Crippen LogP contribution < -0.4 is 0 Å². The molecule has 0 radical (unpaired) electrons. The van der Waals surface area contributed by atoms with Crippen LogP contribution in [-0.2, 0) is 6.42 Å². The van der Waals surface area contributed by atoms with Crippen LogP contribution in [0, 0.1) is 0 Å². The van der Waals surface area contributed by atoms with Gasteiger partial charge in [0.1, 0.15) is 0 Å². The molecule has 1 aliphatic rings. The maximum absolute atomic E-state index is 9.73. The van der Waals surface area contributed by atoms with Crippen molar-refractivity contribution in [2.75, 3.05) is 0 Å². The van der Waals surface area contributed by atoms with Crippen LogP contribution in [0.15, 0.2) is 23.9 Å². The van der Waals surface area contributed by atoms with E-state index < -0.39 is 0 Å². The Hall–Kier alpha value is -1.09. The summed E-state index contributed by atoms with van der Waals surface area (Å²) in [6.07, 6.45) is 9.02. The van der Waals surface area contributed by atoms with E-state index in [1.54, 1.807) is 0 Å². The Morgan fingerprint density at radius 1 is 1.47 bits per heavy atom. The van der Waals surface area contributed by atoms with E-state index in [0.29, 0.717) is 6.04 Å². The number of aliphatic hydroxyl groups is 1. The van der Waals surface area contributed by atoms with Crippen molar-refractivity contribution in [1.82, 2.24) is 9.78 Å². The Bertz CT molecular complexity index is 393. The summed E-state index contributed by atoms with van der Waals surface area (Å²) in [5, 5.41) is 14.3. The predicted molar refractivity (Wildman–Crippen MR) is 68.9 cm³/mol. The second-order valence-electron chi connectivity index (χ2n) is 5.20. The van der Waals surface area contributed by atoms with Crippen molar-refractivity contribution in [2.45, 2.75) is 58.1 Å². The second-order valence-corrected chi connectivity index (χ2v) is 5.20. The van der Waals surface area contributed by atoms with Gasteiger partial charge in [-0.1, -0.05) is 18.1 Å². The minimum Gasteiger partial charge on any atom is -0.389 e. The van der Waals surface area contributed by atoms with Crippen LogP contribution in [-0.4, -0.2) is 21.0 Å². The van der Waals surface area contributed by atoms with Crippen LogP contribution in [0.5, 0.6) is 0 Å². The van der Waals surface area contributed by atoms with E-state index in [4.69, 9.17) is 0 Å². The van der Waals surface area contributed by atoms with Crippen molar-refractivity contribution in [2.24, 2.45) is 0 Å². The third kappa shape index (κ3) is 3.43. The molecule has 17 heavy (non-hydrogen) atoms. The van der Waals surface area contributed by atoms with Gasteiger partial charge in [0.2, 0.25) is 0 Å². The van der Waals surface area contributed by atoms with Gasteiger partial charge < -0.3 is 5.11 Å². The lowest BCUT2D eigenvalue weighted by Gasteiger charge is -2.06. The molecule has 94 valence electrons. The third-order valence-corrected chi connectivity index (χ3v) is 3.28. The molecule has 0 amide bonds. The van der Waals surface area contributed by atoms with Gasteiger partial charge in [0.25, 0.3) is 0 Å². The van der Waals surface area contributed by atoms with Crippen molar-refractivity contribution < 1.29 is 5.11 Å². The summed E-state index contributed by atoms with van der Waals surface area (Å²) in [7, 11) is 0. The molecular weight excluding hydrogens is 212 g/mol. The molecule has 0 saturated heterocycles.